The van der Waals surface area contributed by atoms with Crippen LogP contribution < -0.4 is 0 Å². The molecule has 0 aromatic heterocycles. The second kappa shape index (κ2) is 8.80. The molecule has 0 spiro atoms. The number of fused-ring (bicyclic) bond motifs is 2. The number of rotatable bonds is 6. The van der Waals surface area contributed by atoms with Crippen molar-refractivity contribution in [1.82, 2.24) is 0 Å². The van der Waals surface area contributed by atoms with Crippen LogP contribution in [-0.2, 0) is 16.1 Å². The van der Waals surface area contributed by atoms with E-state index in [4.69, 9.17) is 9.84 Å². The minimum Gasteiger partial charge on any atom is -0.460 e. The van der Waals surface area contributed by atoms with E-state index >= 15 is 0 Å². The van der Waals surface area contributed by atoms with Crippen LogP contribution in [0.3, 0.4) is 0 Å². The molecule has 0 fully saturated rings. The Balaban J connectivity index is 1.69. The van der Waals surface area contributed by atoms with Gasteiger partial charge < -0.3 is 9.84 Å². The molecule has 2 atom stereocenters. The maximum Gasteiger partial charge on any atom is 0.312 e. The second-order valence-electron chi connectivity index (χ2n) is 6.99. The van der Waals surface area contributed by atoms with E-state index in [1.54, 1.807) is 80.6 Å². The first-order valence-corrected chi connectivity index (χ1v) is 9.39. The van der Waals surface area contributed by atoms with Crippen molar-refractivity contribution in [2.24, 2.45) is 5.92 Å². The zero-order valence-electron chi connectivity index (χ0n) is 16.3. The van der Waals surface area contributed by atoms with Crippen LogP contribution >= 0.6 is 0 Å². The van der Waals surface area contributed by atoms with Gasteiger partial charge in [0.2, 0.25) is 0 Å². The van der Waals surface area contributed by atoms with Crippen LogP contribution in [0.1, 0.15) is 51.3 Å². The monoisotopic (exact) mass is 390 g/mol. The molecule has 5 heteroatoms. The Morgan fingerprint density at radius 2 is 1.52 bits per heavy atom. The molecule has 0 amide bonds. The summed E-state index contributed by atoms with van der Waals surface area (Å²) in [7, 11) is 0. The van der Waals surface area contributed by atoms with Crippen LogP contribution in [-0.4, -0.2) is 28.7 Å². The summed E-state index contributed by atoms with van der Waals surface area (Å²) in [5, 5.41) is 9.15. The van der Waals surface area contributed by atoms with E-state index in [-0.39, 0.29) is 18.2 Å². The van der Waals surface area contributed by atoms with Gasteiger partial charge in [0.1, 0.15) is 6.61 Å². The molecule has 0 bridgehead atoms. The molecule has 2 unspecified atom stereocenters. The van der Waals surface area contributed by atoms with E-state index < -0.39 is 18.0 Å². The number of esters is 1. The fraction of sp³-hybridized carbons (Fsp3) is 0.208. The zero-order valence-corrected chi connectivity index (χ0v) is 16.3. The first-order chi connectivity index (χ1) is 13.9. The maximum atomic E-state index is 12.8. The lowest BCUT2D eigenvalue weighted by molar-refractivity contribution is -0.147. The van der Waals surface area contributed by atoms with Gasteiger partial charge in [-0.05, 0) is 31.5 Å². The quantitative estimate of drug-likeness (QED) is 0.513. The third kappa shape index (κ3) is 4.58. The summed E-state index contributed by atoms with van der Waals surface area (Å²) < 4.78 is 5.33. The highest BCUT2D eigenvalue weighted by atomic mass is 16.5. The van der Waals surface area contributed by atoms with Crippen molar-refractivity contribution in [1.29, 1.82) is 0 Å². The smallest absolute Gasteiger partial charge is 0.312 e. The largest absolute Gasteiger partial charge is 0.460 e. The van der Waals surface area contributed by atoms with Gasteiger partial charge in [-0.15, -0.1) is 0 Å². The third-order valence-corrected chi connectivity index (χ3v) is 4.64. The molecule has 1 N–H and O–H groups in total. The fourth-order valence-corrected chi connectivity index (χ4v) is 3.06. The van der Waals surface area contributed by atoms with E-state index in [2.05, 4.69) is 0 Å². The number of allylic oxidation sites excluding steroid dienone is 2. The van der Waals surface area contributed by atoms with Gasteiger partial charge in [-0.3, -0.25) is 14.4 Å². The van der Waals surface area contributed by atoms with Crippen LogP contribution in [0.4, 0.5) is 0 Å². The first kappa shape index (κ1) is 20.4. The number of aliphatic hydroxyl groups excluding tert-OH is 1. The Morgan fingerprint density at radius 1 is 0.931 bits per heavy atom. The molecule has 2 aromatic rings. The van der Waals surface area contributed by atoms with Gasteiger partial charge in [-0.1, -0.05) is 54.6 Å². The van der Waals surface area contributed by atoms with Crippen molar-refractivity contribution in [3.63, 3.8) is 0 Å². The van der Waals surface area contributed by atoms with Gasteiger partial charge in [0.25, 0.3) is 0 Å². The summed E-state index contributed by atoms with van der Waals surface area (Å²) in [6.45, 7) is 3.36. The third-order valence-electron chi connectivity index (χ3n) is 4.64. The summed E-state index contributed by atoms with van der Waals surface area (Å²) in [6.07, 6.45) is 6.07. The first-order valence-electron chi connectivity index (χ1n) is 9.39. The molecule has 5 nitrogen and oxygen atoms in total. The van der Waals surface area contributed by atoms with E-state index in [0.717, 1.165) is 0 Å². The number of carbonyl (C=O) groups is 3. The molecule has 0 heterocycles. The lowest BCUT2D eigenvalue weighted by Crippen LogP contribution is -2.21. The highest BCUT2D eigenvalue weighted by molar-refractivity contribution is 6.28. The van der Waals surface area contributed by atoms with Gasteiger partial charge in [0.15, 0.2) is 11.6 Å². The molecular weight excluding hydrogens is 368 g/mol. The molecule has 0 radical (unpaired) electrons. The Hall–Kier alpha value is -3.31. The van der Waals surface area contributed by atoms with E-state index in [0.29, 0.717) is 27.8 Å². The predicted molar refractivity (Wildman–Crippen MR) is 109 cm³/mol. The molecule has 148 valence electrons. The van der Waals surface area contributed by atoms with Gasteiger partial charge in [-0.2, -0.15) is 0 Å². The van der Waals surface area contributed by atoms with Crippen LogP contribution in [0.25, 0.3) is 0 Å². The second-order valence-corrected chi connectivity index (χ2v) is 6.99. The molecule has 0 aliphatic heterocycles. The molecule has 1 aliphatic rings. The standard InChI is InChI=1S/C24H22O5/c1-15(7-3-4-8-16(2)25)24(28)29-14-17-11-12-20-21(13-17)23(27)19-10-6-5-9-18(19)22(20)26/h3-13,15-16,25H,14H2,1-2H3/b7-3+,8-4+. The molecule has 0 saturated carbocycles. The van der Waals surface area contributed by atoms with Crippen molar-refractivity contribution in [3.05, 3.63) is 94.6 Å². The maximum absolute atomic E-state index is 12.8. The fourth-order valence-electron chi connectivity index (χ4n) is 3.06. The Morgan fingerprint density at radius 3 is 2.17 bits per heavy atom. The van der Waals surface area contributed by atoms with Crippen LogP contribution in [0.15, 0.2) is 66.8 Å². The molecule has 1 aliphatic carbocycles. The Bertz CT molecular complexity index is 1010. The SMILES string of the molecule is CC(O)/C=C/C=C/C(C)C(=O)OCc1ccc2c(c1)C(=O)c1ccccc1C2=O. The topological polar surface area (TPSA) is 80.7 Å². The number of hydrogen-bond acceptors (Lipinski definition) is 5. The van der Waals surface area contributed by atoms with Gasteiger partial charge >= 0.3 is 5.97 Å². The number of benzene rings is 2. The van der Waals surface area contributed by atoms with Crippen molar-refractivity contribution >= 4 is 17.5 Å². The molecule has 2 aromatic carbocycles. The van der Waals surface area contributed by atoms with E-state index in [1.165, 1.54) is 0 Å². The van der Waals surface area contributed by atoms with Crippen molar-refractivity contribution in [3.8, 4) is 0 Å². The van der Waals surface area contributed by atoms with Crippen LogP contribution in [0, 0.1) is 5.92 Å². The Labute approximate surface area is 169 Å². The lowest BCUT2D eigenvalue weighted by Gasteiger charge is -2.18. The van der Waals surface area contributed by atoms with Crippen molar-refractivity contribution in [2.75, 3.05) is 0 Å². The summed E-state index contributed by atoms with van der Waals surface area (Å²) >= 11 is 0. The van der Waals surface area contributed by atoms with Gasteiger partial charge in [-0.25, -0.2) is 0 Å². The average molecular weight is 390 g/mol. The normalized spacial score (nSPS) is 15.3. The minimum absolute atomic E-state index is 0.0108. The van der Waals surface area contributed by atoms with E-state index in [1.807, 2.05) is 0 Å². The molecule has 3 rings (SSSR count). The number of hydrogen-bond donors (Lipinski definition) is 1. The molecule has 0 saturated heterocycles. The number of ether oxygens (including phenoxy) is 1. The van der Waals surface area contributed by atoms with Gasteiger partial charge in [0, 0.05) is 22.3 Å². The Kier molecular flexibility index (Phi) is 6.20. The number of aliphatic hydroxyl groups is 1. The average Bonchev–Trinajstić information content (AvgIpc) is 2.72. The molecular formula is C24H22O5. The lowest BCUT2D eigenvalue weighted by atomic mass is 9.83. The minimum atomic E-state index is -0.549. The number of carbonyl (C=O) groups excluding carboxylic acids is 3. The van der Waals surface area contributed by atoms with Crippen LogP contribution in [0.2, 0.25) is 0 Å². The van der Waals surface area contributed by atoms with Crippen LogP contribution in [0.5, 0.6) is 0 Å². The number of ketones is 2. The van der Waals surface area contributed by atoms with Crippen molar-refractivity contribution < 1.29 is 24.2 Å². The predicted octanol–water partition coefficient (Wildman–Crippen LogP) is 3.63. The van der Waals surface area contributed by atoms with Gasteiger partial charge in [0.05, 0.1) is 12.0 Å². The molecule has 29 heavy (non-hydrogen) atoms. The highest BCUT2D eigenvalue weighted by Gasteiger charge is 2.29. The summed E-state index contributed by atoms with van der Waals surface area (Å²) in [5.41, 5.74) is 2.14. The van der Waals surface area contributed by atoms with E-state index in [9.17, 15) is 14.4 Å². The van der Waals surface area contributed by atoms with Crippen molar-refractivity contribution in [2.45, 2.75) is 26.6 Å². The zero-order chi connectivity index (χ0) is 21.0. The summed E-state index contributed by atoms with van der Waals surface area (Å²) in [6, 6.07) is 11.7. The highest BCUT2D eigenvalue weighted by Crippen LogP contribution is 2.28. The summed E-state index contributed by atoms with van der Waals surface area (Å²) in [5.74, 6) is -1.24. The summed E-state index contributed by atoms with van der Waals surface area (Å²) in [4.78, 5) is 37.5.